The van der Waals surface area contributed by atoms with Gasteiger partial charge in [-0.2, -0.15) is 13.2 Å². The average molecular weight is 455 g/mol. The highest BCUT2D eigenvalue weighted by Crippen LogP contribution is 2.46. The topological polar surface area (TPSA) is 73.5 Å². The monoisotopic (exact) mass is 454 g/mol. The second kappa shape index (κ2) is 7.84. The number of hydrogen-bond acceptors (Lipinski definition) is 3. The van der Waals surface area contributed by atoms with Gasteiger partial charge in [-0.05, 0) is 13.0 Å². The molecular formula is C18H20ClF5N4O2. The lowest BCUT2D eigenvalue weighted by atomic mass is 9.71. The van der Waals surface area contributed by atoms with Gasteiger partial charge in [0.2, 0.25) is 5.91 Å². The Balaban J connectivity index is 1.88. The first kappa shape index (κ1) is 22.5. The Morgan fingerprint density at radius 1 is 1.33 bits per heavy atom. The Kier molecular flexibility index (Phi) is 5.89. The van der Waals surface area contributed by atoms with Gasteiger partial charge >= 0.3 is 12.2 Å². The summed E-state index contributed by atoms with van der Waals surface area (Å²) in [6.45, 7) is 2.42. The van der Waals surface area contributed by atoms with Gasteiger partial charge in [0.05, 0.1) is 6.04 Å². The number of carbonyl (C=O) groups excluding carboxylic acids is 2. The van der Waals surface area contributed by atoms with Crippen molar-refractivity contribution in [1.29, 1.82) is 0 Å². The van der Waals surface area contributed by atoms with E-state index in [1.165, 1.54) is 0 Å². The van der Waals surface area contributed by atoms with Crippen LogP contribution in [0.25, 0.3) is 0 Å². The number of hydrogen-bond donors (Lipinski definition) is 3. The fraction of sp³-hybridized carbons (Fsp3) is 0.556. The normalized spacial score (nSPS) is 23.2. The molecule has 3 amide bonds. The van der Waals surface area contributed by atoms with Crippen LogP contribution in [0.1, 0.15) is 25.5 Å². The predicted molar refractivity (Wildman–Crippen MR) is 97.8 cm³/mol. The number of nitrogens with zero attached hydrogens (tertiary/aromatic N) is 1. The maximum absolute atomic E-state index is 14.7. The van der Waals surface area contributed by atoms with E-state index >= 15 is 0 Å². The predicted octanol–water partition coefficient (Wildman–Crippen LogP) is 2.73. The van der Waals surface area contributed by atoms with Gasteiger partial charge in [0.25, 0.3) is 0 Å². The van der Waals surface area contributed by atoms with Crippen molar-refractivity contribution in [2.75, 3.05) is 19.6 Å². The highest BCUT2D eigenvalue weighted by Gasteiger charge is 2.53. The van der Waals surface area contributed by atoms with E-state index in [0.717, 1.165) is 24.0 Å². The maximum atomic E-state index is 14.7. The highest BCUT2D eigenvalue weighted by molar-refractivity contribution is 6.31. The molecule has 0 bridgehead atoms. The van der Waals surface area contributed by atoms with Crippen LogP contribution >= 0.6 is 11.6 Å². The molecule has 2 aliphatic rings. The molecule has 2 aliphatic heterocycles. The summed E-state index contributed by atoms with van der Waals surface area (Å²) in [6.07, 6.45) is -4.44. The molecule has 1 aromatic carbocycles. The minimum Gasteiger partial charge on any atom is -0.347 e. The standard InChI is InChI=1S/C18H20ClF5N4O2/c1-8(18(22,23)24)28-6-17(2,7-28)14(9-3-4-10(20)12(19)13(9)21)27-15(29)11-5-25-16(30)26-11/h3-4,8,11,14H,5-7H2,1-2H3,(H,27,29)(H2,25,26,30)/t8-,11-,14-/m0/s1. The molecule has 166 valence electrons. The second-order valence-corrected chi connectivity index (χ2v) is 8.27. The van der Waals surface area contributed by atoms with Gasteiger partial charge in [-0.3, -0.25) is 9.69 Å². The molecule has 0 saturated carbocycles. The van der Waals surface area contributed by atoms with Crippen LogP contribution in [-0.2, 0) is 4.79 Å². The number of urea groups is 1. The third-order valence-electron chi connectivity index (χ3n) is 5.60. The molecule has 0 unspecified atom stereocenters. The number of alkyl halides is 3. The van der Waals surface area contributed by atoms with Gasteiger partial charge in [-0.1, -0.05) is 24.6 Å². The van der Waals surface area contributed by atoms with Gasteiger partial charge in [0.15, 0.2) is 0 Å². The number of rotatable bonds is 5. The van der Waals surface area contributed by atoms with Crippen LogP contribution in [0.5, 0.6) is 0 Å². The van der Waals surface area contributed by atoms with E-state index in [1.807, 2.05) is 0 Å². The third kappa shape index (κ3) is 4.18. The molecule has 0 spiro atoms. The number of halogens is 6. The number of carbonyl (C=O) groups is 2. The smallest absolute Gasteiger partial charge is 0.347 e. The van der Waals surface area contributed by atoms with Crippen LogP contribution < -0.4 is 16.0 Å². The quantitative estimate of drug-likeness (QED) is 0.473. The Labute approximate surface area is 174 Å². The molecule has 2 heterocycles. The van der Waals surface area contributed by atoms with E-state index in [9.17, 15) is 31.5 Å². The van der Waals surface area contributed by atoms with E-state index < -0.39 is 58.3 Å². The van der Waals surface area contributed by atoms with Gasteiger partial charge in [0, 0.05) is 30.6 Å². The van der Waals surface area contributed by atoms with E-state index in [2.05, 4.69) is 16.0 Å². The summed E-state index contributed by atoms with van der Waals surface area (Å²) >= 11 is 5.67. The van der Waals surface area contributed by atoms with Crippen LogP contribution in [0.2, 0.25) is 5.02 Å². The lowest BCUT2D eigenvalue weighted by Gasteiger charge is -2.54. The van der Waals surface area contributed by atoms with Crippen LogP contribution in [0.15, 0.2) is 12.1 Å². The first-order valence-corrected chi connectivity index (χ1v) is 9.50. The van der Waals surface area contributed by atoms with Gasteiger partial charge < -0.3 is 16.0 Å². The van der Waals surface area contributed by atoms with Crippen molar-refractivity contribution < 1.29 is 31.5 Å². The summed E-state index contributed by atoms with van der Waals surface area (Å²) in [5.41, 5.74) is -1.14. The Bertz CT molecular complexity index is 860. The summed E-state index contributed by atoms with van der Waals surface area (Å²) < 4.78 is 67.5. The van der Waals surface area contributed by atoms with Crippen LogP contribution in [0.3, 0.4) is 0 Å². The molecule has 2 saturated heterocycles. The number of nitrogens with one attached hydrogen (secondary N) is 3. The molecule has 0 radical (unpaired) electrons. The van der Waals surface area contributed by atoms with E-state index in [4.69, 9.17) is 11.6 Å². The third-order valence-corrected chi connectivity index (χ3v) is 5.94. The van der Waals surface area contributed by atoms with Crippen molar-refractivity contribution in [3.8, 4) is 0 Å². The summed E-state index contributed by atoms with van der Waals surface area (Å²) in [6, 6.07) is -2.28. The largest absolute Gasteiger partial charge is 0.403 e. The first-order chi connectivity index (χ1) is 13.8. The van der Waals surface area contributed by atoms with E-state index in [0.29, 0.717) is 0 Å². The zero-order chi connectivity index (χ0) is 22.4. The van der Waals surface area contributed by atoms with Crippen molar-refractivity contribution in [3.05, 3.63) is 34.4 Å². The molecule has 3 N–H and O–H groups in total. The summed E-state index contributed by atoms with van der Waals surface area (Å²) in [7, 11) is 0. The second-order valence-electron chi connectivity index (χ2n) is 7.89. The van der Waals surface area contributed by atoms with Crippen molar-refractivity contribution in [1.82, 2.24) is 20.9 Å². The molecule has 1 aromatic rings. The average Bonchev–Trinajstić information content (AvgIpc) is 3.07. The summed E-state index contributed by atoms with van der Waals surface area (Å²) in [5.74, 6) is -2.75. The van der Waals surface area contributed by atoms with Gasteiger partial charge in [-0.25, -0.2) is 13.6 Å². The Morgan fingerprint density at radius 2 is 1.97 bits per heavy atom. The molecule has 2 fully saturated rings. The van der Waals surface area contributed by atoms with Crippen molar-refractivity contribution in [2.45, 2.75) is 38.1 Å². The fourth-order valence-corrected chi connectivity index (χ4v) is 3.96. The van der Waals surface area contributed by atoms with Crippen molar-refractivity contribution >= 4 is 23.5 Å². The SMILES string of the molecule is C[C@H](N1CC(C)([C@@H](NC(=O)[C@@H]2CNC(=O)N2)c2ccc(F)c(Cl)c2F)C1)C(F)(F)F. The molecule has 12 heteroatoms. The lowest BCUT2D eigenvalue weighted by molar-refractivity contribution is -0.206. The van der Waals surface area contributed by atoms with Crippen LogP contribution in [0.4, 0.5) is 26.7 Å². The Morgan fingerprint density at radius 3 is 2.50 bits per heavy atom. The number of benzene rings is 1. The highest BCUT2D eigenvalue weighted by atomic mass is 35.5. The molecule has 0 aliphatic carbocycles. The zero-order valence-corrected chi connectivity index (χ0v) is 16.8. The van der Waals surface area contributed by atoms with E-state index in [-0.39, 0.29) is 25.2 Å². The molecular weight excluding hydrogens is 435 g/mol. The van der Waals surface area contributed by atoms with Gasteiger partial charge in [0.1, 0.15) is 28.7 Å². The molecule has 3 atom stereocenters. The first-order valence-electron chi connectivity index (χ1n) is 9.12. The zero-order valence-electron chi connectivity index (χ0n) is 16.0. The van der Waals surface area contributed by atoms with Crippen LogP contribution in [0, 0.1) is 17.0 Å². The number of likely N-dealkylation sites (tertiary alicyclic amines) is 1. The Hall–Kier alpha value is -2.14. The van der Waals surface area contributed by atoms with E-state index in [1.54, 1.807) is 6.92 Å². The lowest BCUT2D eigenvalue weighted by Crippen LogP contribution is -2.65. The maximum Gasteiger partial charge on any atom is 0.403 e. The molecule has 30 heavy (non-hydrogen) atoms. The van der Waals surface area contributed by atoms with Gasteiger partial charge in [-0.15, -0.1) is 0 Å². The summed E-state index contributed by atoms with van der Waals surface area (Å²) in [5, 5.41) is 6.62. The minimum atomic E-state index is -4.44. The summed E-state index contributed by atoms with van der Waals surface area (Å²) in [4.78, 5) is 25.1. The molecule has 6 nitrogen and oxygen atoms in total. The molecule has 3 rings (SSSR count). The van der Waals surface area contributed by atoms with Crippen molar-refractivity contribution in [3.63, 3.8) is 0 Å². The minimum absolute atomic E-state index is 0.00199. The van der Waals surface area contributed by atoms with Crippen molar-refractivity contribution in [2.24, 2.45) is 5.41 Å². The van der Waals surface area contributed by atoms with Crippen LogP contribution in [-0.4, -0.2) is 54.7 Å². The molecule has 0 aromatic heterocycles. The number of amides is 3. The fourth-order valence-electron chi connectivity index (χ4n) is 3.79.